The quantitative estimate of drug-likeness (QED) is 0.904. The van der Waals surface area contributed by atoms with Gasteiger partial charge in [-0.25, -0.2) is 0 Å². The summed E-state index contributed by atoms with van der Waals surface area (Å²) in [5.74, 6) is 0.718. The molecule has 2 aromatic heterocycles. The Balaban J connectivity index is 2.38. The third-order valence-electron chi connectivity index (χ3n) is 2.67. The van der Waals surface area contributed by atoms with Crippen LogP contribution in [0, 0.1) is 0 Å². The summed E-state index contributed by atoms with van der Waals surface area (Å²) in [6.45, 7) is 2.85. The number of aromatic nitrogens is 1. The van der Waals surface area contributed by atoms with Gasteiger partial charge in [0.2, 0.25) is 0 Å². The first-order valence-corrected chi connectivity index (χ1v) is 6.09. The minimum absolute atomic E-state index is 0.0520. The lowest BCUT2D eigenvalue weighted by Crippen LogP contribution is -2.22. The molecule has 2 rings (SSSR count). The normalized spacial score (nSPS) is 12.4. The third-order valence-corrected chi connectivity index (χ3v) is 2.98. The molecule has 0 amide bonds. The van der Waals surface area contributed by atoms with Crippen LogP contribution < -0.4 is 10.1 Å². The molecule has 96 valence electrons. The lowest BCUT2D eigenvalue weighted by Gasteiger charge is -2.17. The van der Waals surface area contributed by atoms with Gasteiger partial charge in [-0.2, -0.15) is 0 Å². The van der Waals surface area contributed by atoms with Crippen LogP contribution in [-0.4, -0.2) is 18.6 Å². The average molecular weight is 267 g/mol. The molecule has 0 aliphatic heterocycles. The highest BCUT2D eigenvalue weighted by Gasteiger charge is 2.18. The van der Waals surface area contributed by atoms with E-state index in [1.54, 1.807) is 25.8 Å². The fourth-order valence-electron chi connectivity index (χ4n) is 1.83. The highest BCUT2D eigenvalue weighted by atomic mass is 35.5. The van der Waals surface area contributed by atoms with E-state index in [2.05, 4.69) is 10.3 Å². The maximum atomic E-state index is 6.04. The first-order valence-electron chi connectivity index (χ1n) is 5.71. The third kappa shape index (κ3) is 2.66. The second-order valence-electron chi connectivity index (χ2n) is 3.80. The summed E-state index contributed by atoms with van der Waals surface area (Å²) >= 11 is 6.04. The van der Waals surface area contributed by atoms with Gasteiger partial charge in [0.15, 0.2) is 5.22 Å². The maximum absolute atomic E-state index is 6.04. The number of ether oxygens (including phenoxy) is 1. The van der Waals surface area contributed by atoms with E-state index in [0.29, 0.717) is 5.22 Å². The zero-order valence-electron chi connectivity index (χ0n) is 10.3. The minimum atomic E-state index is -0.0520. The van der Waals surface area contributed by atoms with Crippen LogP contribution in [0.4, 0.5) is 0 Å². The van der Waals surface area contributed by atoms with Crippen molar-refractivity contribution in [3.05, 3.63) is 47.1 Å². The summed E-state index contributed by atoms with van der Waals surface area (Å²) in [6.07, 6.45) is 5.04. The van der Waals surface area contributed by atoms with Crippen LogP contribution in [0.1, 0.15) is 24.1 Å². The summed E-state index contributed by atoms with van der Waals surface area (Å²) in [5, 5.41) is 3.75. The van der Waals surface area contributed by atoms with Gasteiger partial charge in [0.25, 0.3) is 0 Å². The van der Waals surface area contributed by atoms with E-state index in [9.17, 15) is 0 Å². The number of pyridine rings is 1. The fourth-order valence-corrected chi connectivity index (χ4v) is 2.05. The minimum Gasteiger partial charge on any atom is -0.495 e. The van der Waals surface area contributed by atoms with Crippen molar-refractivity contribution in [2.75, 3.05) is 13.7 Å². The van der Waals surface area contributed by atoms with Crippen molar-refractivity contribution in [1.29, 1.82) is 0 Å². The van der Waals surface area contributed by atoms with Gasteiger partial charge < -0.3 is 14.5 Å². The molecule has 1 N–H and O–H groups in total. The standard InChI is InChI=1S/C13H15ClN2O2/c1-3-16-12(11-4-5-18-13(11)14)9-6-10(17-2)8-15-7-9/h4-8,12,16H,3H2,1-2H3. The Labute approximate surface area is 111 Å². The van der Waals surface area contributed by atoms with E-state index in [0.717, 1.165) is 23.4 Å². The summed E-state index contributed by atoms with van der Waals surface area (Å²) in [6, 6.07) is 3.74. The molecule has 2 aromatic rings. The summed E-state index contributed by atoms with van der Waals surface area (Å²) < 4.78 is 10.3. The molecule has 1 unspecified atom stereocenters. The molecule has 0 saturated carbocycles. The number of hydrogen-bond donors (Lipinski definition) is 1. The van der Waals surface area contributed by atoms with E-state index in [1.807, 2.05) is 19.1 Å². The van der Waals surface area contributed by atoms with Crippen LogP contribution in [0.5, 0.6) is 5.75 Å². The monoisotopic (exact) mass is 266 g/mol. The van der Waals surface area contributed by atoms with Gasteiger partial charge in [-0.05, 0) is 35.8 Å². The predicted molar refractivity (Wildman–Crippen MR) is 70.0 cm³/mol. The van der Waals surface area contributed by atoms with Gasteiger partial charge >= 0.3 is 0 Å². The second-order valence-corrected chi connectivity index (χ2v) is 4.14. The van der Waals surface area contributed by atoms with Crippen molar-refractivity contribution in [2.45, 2.75) is 13.0 Å². The molecule has 0 aliphatic rings. The first kappa shape index (κ1) is 12.9. The summed E-state index contributed by atoms with van der Waals surface area (Å²) in [4.78, 5) is 4.16. The summed E-state index contributed by atoms with van der Waals surface area (Å²) in [5.41, 5.74) is 1.88. The topological polar surface area (TPSA) is 47.3 Å². The number of nitrogens with zero attached hydrogens (tertiary/aromatic N) is 1. The highest BCUT2D eigenvalue weighted by molar-refractivity contribution is 6.29. The molecule has 0 bridgehead atoms. The molecular weight excluding hydrogens is 252 g/mol. The van der Waals surface area contributed by atoms with Crippen molar-refractivity contribution in [3.8, 4) is 5.75 Å². The van der Waals surface area contributed by atoms with Crippen LogP contribution in [0.15, 0.2) is 35.2 Å². The van der Waals surface area contributed by atoms with Crippen molar-refractivity contribution < 1.29 is 9.15 Å². The second kappa shape index (κ2) is 5.89. The Bertz CT molecular complexity index is 513. The van der Waals surface area contributed by atoms with Crippen molar-refractivity contribution in [2.24, 2.45) is 0 Å². The lowest BCUT2D eigenvalue weighted by molar-refractivity contribution is 0.411. The Morgan fingerprint density at radius 2 is 2.33 bits per heavy atom. The molecule has 4 nitrogen and oxygen atoms in total. The largest absolute Gasteiger partial charge is 0.495 e. The smallest absolute Gasteiger partial charge is 0.198 e. The molecule has 0 saturated heterocycles. The maximum Gasteiger partial charge on any atom is 0.198 e. The number of halogens is 1. The van der Waals surface area contributed by atoms with Crippen LogP contribution >= 0.6 is 11.6 Å². The zero-order chi connectivity index (χ0) is 13.0. The van der Waals surface area contributed by atoms with Crippen LogP contribution in [0.2, 0.25) is 5.22 Å². The van der Waals surface area contributed by atoms with Crippen molar-refractivity contribution in [1.82, 2.24) is 10.3 Å². The first-order chi connectivity index (χ1) is 8.76. The number of hydrogen-bond acceptors (Lipinski definition) is 4. The molecule has 0 radical (unpaired) electrons. The van der Waals surface area contributed by atoms with Crippen molar-refractivity contribution in [3.63, 3.8) is 0 Å². The SMILES string of the molecule is CCNC(c1cncc(OC)c1)c1ccoc1Cl. The molecule has 0 fully saturated rings. The Morgan fingerprint density at radius 3 is 2.94 bits per heavy atom. The zero-order valence-corrected chi connectivity index (χ0v) is 11.1. The summed E-state index contributed by atoms with van der Waals surface area (Å²) in [7, 11) is 1.62. The number of furan rings is 1. The Hall–Kier alpha value is -1.52. The van der Waals surface area contributed by atoms with Gasteiger partial charge in [-0.15, -0.1) is 0 Å². The van der Waals surface area contributed by atoms with Crippen molar-refractivity contribution >= 4 is 11.6 Å². The van der Waals surface area contributed by atoms with Gasteiger partial charge in [-0.1, -0.05) is 6.92 Å². The molecular formula is C13H15ClN2O2. The number of methoxy groups -OCH3 is 1. The van der Waals surface area contributed by atoms with Gasteiger partial charge in [-0.3, -0.25) is 4.98 Å². The number of rotatable bonds is 5. The molecule has 1 atom stereocenters. The van der Waals surface area contributed by atoms with Crippen LogP contribution in [0.3, 0.4) is 0 Å². The van der Waals surface area contributed by atoms with E-state index in [4.69, 9.17) is 20.8 Å². The lowest BCUT2D eigenvalue weighted by atomic mass is 10.0. The average Bonchev–Trinajstić information content (AvgIpc) is 2.82. The van der Waals surface area contributed by atoms with Gasteiger partial charge in [0.1, 0.15) is 5.75 Å². The Morgan fingerprint density at radius 1 is 1.50 bits per heavy atom. The molecule has 0 aliphatic carbocycles. The predicted octanol–water partition coefficient (Wildman–Crippen LogP) is 3.04. The van der Waals surface area contributed by atoms with E-state index in [-0.39, 0.29) is 6.04 Å². The van der Waals surface area contributed by atoms with E-state index in [1.165, 1.54) is 0 Å². The van der Waals surface area contributed by atoms with Crippen LogP contribution in [-0.2, 0) is 0 Å². The fraction of sp³-hybridized carbons (Fsp3) is 0.308. The molecule has 18 heavy (non-hydrogen) atoms. The molecule has 0 aromatic carbocycles. The van der Waals surface area contributed by atoms with E-state index >= 15 is 0 Å². The molecule has 2 heterocycles. The van der Waals surface area contributed by atoms with Crippen LogP contribution in [0.25, 0.3) is 0 Å². The highest BCUT2D eigenvalue weighted by Crippen LogP contribution is 2.30. The van der Waals surface area contributed by atoms with Gasteiger partial charge in [0, 0.05) is 11.8 Å². The molecule has 5 heteroatoms. The molecule has 0 spiro atoms. The van der Waals surface area contributed by atoms with E-state index < -0.39 is 0 Å². The Kier molecular flexibility index (Phi) is 4.23. The number of nitrogens with one attached hydrogen (secondary N) is 1. The van der Waals surface area contributed by atoms with Gasteiger partial charge in [0.05, 0.1) is 25.6 Å².